The molecule has 0 saturated carbocycles. The summed E-state index contributed by atoms with van der Waals surface area (Å²) >= 11 is 1.70. The molecule has 1 aromatic carbocycles. The Morgan fingerprint density at radius 1 is 1.18 bits per heavy atom. The first-order chi connectivity index (χ1) is 8.15. The van der Waals surface area contributed by atoms with Crippen LogP contribution in [0.5, 0.6) is 0 Å². The molecule has 0 saturated heterocycles. The van der Waals surface area contributed by atoms with Crippen molar-refractivity contribution in [2.75, 3.05) is 0 Å². The maximum Gasteiger partial charge on any atom is 0.0801 e. The Morgan fingerprint density at radius 2 is 1.88 bits per heavy atom. The Bertz CT molecular complexity index is 470. The van der Waals surface area contributed by atoms with E-state index < -0.39 is 0 Å². The molecule has 0 spiro atoms. The molecule has 0 aliphatic carbocycles. The maximum atomic E-state index is 10.1. The summed E-state index contributed by atoms with van der Waals surface area (Å²) in [5, 5.41) is 12.1. The second-order valence-electron chi connectivity index (χ2n) is 4.53. The number of aliphatic hydroxyl groups excluding tert-OH is 1. The molecule has 2 aromatic rings. The van der Waals surface area contributed by atoms with E-state index in [1.807, 2.05) is 0 Å². The molecule has 0 fully saturated rings. The van der Waals surface area contributed by atoms with Gasteiger partial charge in [-0.2, -0.15) is 0 Å². The van der Waals surface area contributed by atoms with Crippen molar-refractivity contribution < 1.29 is 5.11 Å². The molecule has 2 rings (SSSR count). The lowest BCUT2D eigenvalue weighted by Gasteiger charge is -2.08. The summed E-state index contributed by atoms with van der Waals surface area (Å²) in [4.78, 5) is 1.26. The van der Waals surface area contributed by atoms with E-state index >= 15 is 0 Å². The van der Waals surface area contributed by atoms with E-state index in [4.69, 9.17) is 0 Å². The van der Waals surface area contributed by atoms with Crippen LogP contribution in [0.1, 0.15) is 34.1 Å². The summed E-state index contributed by atoms with van der Waals surface area (Å²) in [5.74, 6) is 0. The summed E-state index contributed by atoms with van der Waals surface area (Å²) < 4.78 is 0. The Morgan fingerprint density at radius 3 is 2.47 bits per heavy atom. The van der Waals surface area contributed by atoms with Gasteiger partial charge in [0.15, 0.2) is 0 Å². The van der Waals surface area contributed by atoms with Crippen molar-refractivity contribution in [1.82, 2.24) is 0 Å². The molecule has 0 radical (unpaired) electrons. The molecule has 17 heavy (non-hydrogen) atoms. The number of hydrogen-bond donors (Lipinski definition) is 1. The molecule has 1 unspecified atom stereocenters. The zero-order valence-corrected chi connectivity index (χ0v) is 11.1. The highest BCUT2D eigenvalue weighted by Crippen LogP contribution is 2.24. The SMILES string of the molecule is Cc1ccc(CCC(O)c2csc(C)c2)cc1. The van der Waals surface area contributed by atoms with E-state index in [9.17, 15) is 5.11 Å². The van der Waals surface area contributed by atoms with Crippen molar-refractivity contribution in [1.29, 1.82) is 0 Å². The standard InChI is InChI=1S/C15H18OS/c1-11-3-5-13(6-4-11)7-8-15(16)14-9-12(2)17-10-14/h3-6,9-10,15-16H,7-8H2,1-2H3. The van der Waals surface area contributed by atoms with E-state index in [0.717, 1.165) is 18.4 Å². The van der Waals surface area contributed by atoms with Crippen molar-refractivity contribution >= 4 is 11.3 Å². The number of hydrogen-bond acceptors (Lipinski definition) is 2. The van der Waals surface area contributed by atoms with Crippen molar-refractivity contribution in [2.45, 2.75) is 32.8 Å². The third kappa shape index (κ3) is 3.42. The Balaban J connectivity index is 1.92. The van der Waals surface area contributed by atoms with Gasteiger partial charge in [0.05, 0.1) is 6.10 Å². The minimum atomic E-state index is -0.332. The molecule has 1 aromatic heterocycles. The lowest BCUT2D eigenvalue weighted by Crippen LogP contribution is -1.98. The number of aliphatic hydroxyl groups is 1. The van der Waals surface area contributed by atoms with Gasteiger partial charge in [0.1, 0.15) is 0 Å². The monoisotopic (exact) mass is 246 g/mol. The lowest BCUT2D eigenvalue weighted by molar-refractivity contribution is 0.168. The molecule has 1 atom stereocenters. The molecule has 0 bridgehead atoms. The van der Waals surface area contributed by atoms with E-state index in [1.54, 1.807) is 11.3 Å². The fraction of sp³-hybridized carbons (Fsp3) is 0.333. The normalized spacial score (nSPS) is 12.6. The van der Waals surface area contributed by atoms with Crippen LogP contribution in [0.25, 0.3) is 0 Å². The topological polar surface area (TPSA) is 20.2 Å². The van der Waals surface area contributed by atoms with Gasteiger partial charge < -0.3 is 5.11 Å². The molecular formula is C15H18OS. The van der Waals surface area contributed by atoms with Gasteiger partial charge in [0.25, 0.3) is 0 Å². The molecule has 2 heteroatoms. The summed E-state index contributed by atoms with van der Waals surface area (Å²) in [7, 11) is 0. The maximum absolute atomic E-state index is 10.1. The largest absolute Gasteiger partial charge is 0.388 e. The van der Waals surface area contributed by atoms with Crippen LogP contribution in [0.2, 0.25) is 0 Å². The third-order valence-corrected chi connectivity index (χ3v) is 3.84. The van der Waals surface area contributed by atoms with Gasteiger partial charge >= 0.3 is 0 Å². The van der Waals surface area contributed by atoms with Crippen LogP contribution in [0.4, 0.5) is 0 Å². The summed E-state index contributed by atoms with van der Waals surface area (Å²) in [5.41, 5.74) is 3.63. The molecular weight excluding hydrogens is 228 g/mol. The van der Waals surface area contributed by atoms with Crippen LogP contribution in [0, 0.1) is 13.8 Å². The van der Waals surface area contributed by atoms with E-state index in [-0.39, 0.29) is 6.10 Å². The first-order valence-corrected chi connectivity index (χ1v) is 6.82. The first kappa shape index (κ1) is 12.3. The predicted octanol–water partition coefficient (Wildman–Crippen LogP) is 4.03. The predicted molar refractivity (Wildman–Crippen MR) is 73.5 cm³/mol. The zero-order valence-electron chi connectivity index (χ0n) is 10.3. The highest BCUT2D eigenvalue weighted by Gasteiger charge is 2.09. The van der Waals surface area contributed by atoms with Gasteiger partial charge in [-0.3, -0.25) is 0 Å². The van der Waals surface area contributed by atoms with E-state index in [2.05, 4.69) is 49.6 Å². The smallest absolute Gasteiger partial charge is 0.0801 e. The minimum absolute atomic E-state index is 0.332. The average Bonchev–Trinajstić information content (AvgIpc) is 2.75. The molecule has 0 aliphatic rings. The second-order valence-corrected chi connectivity index (χ2v) is 5.65. The Kier molecular flexibility index (Phi) is 3.97. The van der Waals surface area contributed by atoms with Crippen LogP contribution in [-0.2, 0) is 6.42 Å². The van der Waals surface area contributed by atoms with E-state index in [0.29, 0.717) is 0 Å². The number of benzene rings is 1. The van der Waals surface area contributed by atoms with Crippen molar-refractivity contribution in [3.05, 3.63) is 57.3 Å². The fourth-order valence-corrected chi connectivity index (χ4v) is 2.61. The van der Waals surface area contributed by atoms with Crippen LogP contribution in [0.15, 0.2) is 35.7 Å². The number of rotatable bonds is 4. The van der Waals surface area contributed by atoms with Gasteiger partial charge in [-0.25, -0.2) is 0 Å². The molecule has 1 heterocycles. The average molecular weight is 246 g/mol. The lowest BCUT2D eigenvalue weighted by atomic mass is 10.0. The zero-order chi connectivity index (χ0) is 12.3. The molecule has 0 amide bonds. The van der Waals surface area contributed by atoms with Crippen molar-refractivity contribution in [2.24, 2.45) is 0 Å². The van der Waals surface area contributed by atoms with Crippen LogP contribution < -0.4 is 0 Å². The fourth-order valence-electron chi connectivity index (χ4n) is 1.86. The highest BCUT2D eigenvalue weighted by atomic mass is 32.1. The quantitative estimate of drug-likeness (QED) is 0.863. The number of thiophene rings is 1. The third-order valence-electron chi connectivity index (χ3n) is 2.96. The summed E-state index contributed by atoms with van der Waals surface area (Å²) in [6, 6.07) is 10.6. The molecule has 90 valence electrons. The van der Waals surface area contributed by atoms with Gasteiger partial charge in [0.2, 0.25) is 0 Å². The van der Waals surface area contributed by atoms with Gasteiger partial charge in [0, 0.05) is 4.88 Å². The minimum Gasteiger partial charge on any atom is -0.388 e. The molecule has 0 aliphatic heterocycles. The molecule has 1 N–H and O–H groups in total. The first-order valence-electron chi connectivity index (χ1n) is 5.94. The summed E-state index contributed by atoms with van der Waals surface area (Å²) in [6.45, 7) is 4.16. The van der Waals surface area contributed by atoms with Crippen LogP contribution >= 0.6 is 11.3 Å². The summed E-state index contributed by atoms with van der Waals surface area (Å²) in [6.07, 6.45) is 1.39. The Hall–Kier alpha value is -1.12. The number of aryl methyl sites for hydroxylation is 3. The van der Waals surface area contributed by atoms with Gasteiger partial charge in [-0.15, -0.1) is 11.3 Å². The molecule has 1 nitrogen and oxygen atoms in total. The highest BCUT2D eigenvalue weighted by molar-refractivity contribution is 7.10. The van der Waals surface area contributed by atoms with Crippen LogP contribution in [-0.4, -0.2) is 5.11 Å². The van der Waals surface area contributed by atoms with E-state index in [1.165, 1.54) is 16.0 Å². The van der Waals surface area contributed by atoms with Crippen LogP contribution in [0.3, 0.4) is 0 Å². The second kappa shape index (κ2) is 5.48. The van der Waals surface area contributed by atoms with Gasteiger partial charge in [-0.1, -0.05) is 29.8 Å². The van der Waals surface area contributed by atoms with Gasteiger partial charge in [-0.05, 0) is 49.3 Å². The van der Waals surface area contributed by atoms with Crippen molar-refractivity contribution in [3.63, 3.8) is 0 Å². The van der Waals surface area contributed by atoms with Crippen molar-refractivity contribution in [3.8, 4) is 0 Å². The Labute approximate surface area is 107 Å².